The van der Waals surface area contributed by atoms with Crippen LogP contribution < -0.4 is 5.32 Å². The molecule has 0 spiro atoms. The summed E-state index contributed by atoms with van der Waals surface area (Å²) in [6, 6.07) is 10.3. The monoisotopic (exact) mass is 248 g/mol. The van der Waals surface area contributed by atoms with Crippen molar-refractivity contribution in [2.24, 2.45) is 0 Å². The van der Waals surface area contributed by atoms with Gasteiger partial charge in [0.15, 0.2) is 0 Å². The van der Waals surface area contributed by atoms with Crippen molar-refractivity contribution >= 4 is 22.7 Å². The predicted octanol–water partition coefficient (Wildman–Crippen LogP) is 2.04. The number of aliphatic hydroxyl groups excluding tert-OH is 1. The zero-order valence-corrected chi connectivity index (χ0v) is 10.6. The smallest absolute Gasteiger partial charge is 0.101 e. The molecule has 1 aromatic carbocycles. The topological polar surface area (TPSA) is 45.2 Å². The molecule has 0 aliphatic heterocycles. The van der Waals surface area contributed by atoms with Crippen LogP contribution in [0.3, 0.4) is 0 Å². The van der Waals surface area contributed by atoms with Crippen LogP contribution in [0.15, 0.2) is 35.4 Å². The molecule has 0 unspecified atom stereocenters. The number of aliphatic hydroxyl groups is 1. The number of fused-ring (bicyclic) bond motifs is 1. The van der Waals surface area contributed by atoms with Gasteiger partial charge in [-0.15, -0.1) is 11.8 Å². The summed E-state index contributed by atoms with van der Waals surface area (Å²) < 4.78 is 0. The third kappa shape index (κ3) is 2.97. The van der Waals surface area contributed by atoms with Crippen molar-refractivity contribution in [3.05, 3.63) is 35.9 Å². The Kier molecular flexibility index (Phi) is 4.36. The summed E-state index contributed by atoms with van der Waals surface area (Å²) >= 11 is 1.60. The molecule has 0 radical (unpaired) electrons. The lowest BCUT2D eigenvalue weighted by Gasteiger charge is -2.09. The molecule has 0 fully saturated rings. The SMILES string of the molecule is CNCc1cc2ccccc2nc1SCCO. The van der Waals surface area contributed by atoms with Crippen molar-refractivity contribution in [1.29, 1.82) is 0 Å². The van der Waals surface area contributed by atoms with Gasteiger partial charge in [-0.3, -0.25) is 0 Å². The number of benzene rings is 1. The van der Waals surface area contributed by atoms with E-state index in [9.17, 15) is 0 Å². The maximum atomic E-state index is 8.90. The van der Waals surface area contributed by atoms with Crippen LogP contribution in [-0.2, 0) is 6.54 Å². The van der Waals surface area contributed by atoms with E-state index in [-0.39, 0.29) is 6.61 Å². The number of thioether (sulfide) groups is 1. The van der Waals surface area contributed by atoms with Gasteiger partial charge in [0.05, 0.1) is 12.1 Å². The van der Waals surface area contributed by atoms with Crippen LogP contribution in [0.5, 0.6) is 0 Å². The molecule has 1 heterocycles. The molecule has 0 atom stereocenters. The first kappa shape index (κ1) is 12.4. The molecule has 0 amide bonds. The third-order valence-corrected chi connectivity index (χ3v) is 3.47. The Balaban J connectivity index is 2.42. The molecular weight excluding hydrogens is 232 g/mol. The van der Waals surface area contributed by atoms with Crippen LogP contribution in [0, 0.1) is 0 Å². The Bertz CT molecular complexity index is 502. The number of hydrogen-bond donors (Lipinski definition) is 2. The molecule has 90 valence electrons. The van der Waals surface area contributed by atoms with Gasteiger partial charge in [-0.05, 0) is 24.7 Å². The second-order valence-corrected chi connectivity index (χ2v) is 4.83. The van der Waals surface area contributed by atoms with E-state index in [0.717, 1.165) is 22.5 Å². The van der Waals surface area contributed by atoms with Crippen LogP contribution in [0.4, 0.5) is 0 Å². The van der Waals surface area contributed by atoms with Crippen molar-refractivity contribution in [2.45, 2.75) is 11.6 Å². The number of nitrogens with zero attached hydrogens (tertiary/aromatic N) is 1. The number of aromatic nitrogens is 1. The van der Waals surface area contributed by atoms with Gasteiger partial charge < -0.3 is 10.4 Å². The standard InChI is InChI=1S/C13H16N2OS/c1-14-9-11-8-10-4-2-3-5-12(10)15-13(11)17-7-6-16/h2-5,8,14,16H,6-7,9H2,1H3. The lowest BCUT2D eigenvalue weighted by Crippen LogP contribution is -2.07. The zero-order valence-electron chi connectivity index (χ0n) is 9.81. The minimum Gasteiger partial charge on any atom is -0.396 e. The van der Waals surface area contributed by atoms with Gasteiger partial charge >= 0.3 is 0 Å². The minimum atomic E-state index is 0.179. The fraction of sp³-hybridized carbons (Fsp3) is 0.308. The molecule has 2 rings (SSSR count). The van der Waals surface area contributed by atoms with E-state index in [2.05, 4.69) is 22.4 Å². The van der Waals surface area contributed by atoms with E-state index in [1.54, 1.807) is 11.8 Å². The normalized spacial score (nSPS) is 10.9. The lowest BCUT2D eigenvalue weighted by atomic mass is 10.1. The van der Waals surface area contributed by atoms with E-state index in [0.29, 0.717) is 5.75 Å². The quantitative estimate of drug-likeness (QED) is 0.795. The van der Waals surface area contributed by atoms with Gasteiger partial charge in [0.25, 0.3) is 0 Å². The van der Waals surface area contributed by atoms with Crippen LogP contribution in [0.25, 0.3) is 10.9 Å². The summed E-state index contributed by atoms with van der Waals surface area (Å²) in [4.78, 5) is 4.64. The molecule has 0 aliphatic rings. The number of pyridine rings is 1. The molecule has 2 N–H and O–H groups in total. The van der Waals surface area contributed by atoms with Crippen LogP contribution >= 0.6 is 11.8 Å². The van der Waals surface area contributed by atoms with Crippen molar-refractivity contribution < 1.29 is 5.11 Å². The Morgan fingerprint density at radius 2 is 2.18 bits per heavy atom. The molecule has 1 aromatic heterocycles. The molecule has 0 bridgehead atoms. The van der Waals surface area contributed by atoms with Gasteiger partial charge in [-0.1, -0.05) is 18.2 Å². The average molecular weight is 248 g/mol. The summed E-state index contributed by atoms with van der Waals surface area (Å²) in [5.41, 5.74) is 2.19. The van der Waals surface area contributed by atoms with E-state index < -0.39 is 0 Å². The Labute approximate surface area is 105 Å². The molecule has 2 aromatic rings. The van der Waals surface area contributed by atoms with Gasteiger partial charge in [0.1, 0.15) is 5.03 Å². The van der Waals surface area contributed by atoms with E-state index >= 15 is 0 Å². The van der Waals surface area contributed by atoms with E-state index in [1.165, 1.54) is 5.56 Å². The van der Waals surface area contributed by atoms with E-state index in [1.807, 2.05) is 25.2 Å². The van der Waals surface area contributed by atoms with Crippen molar-refractivity contribution in [2.75, 3.05) is 19.4 Å². The number of nitrogens with one attached hydrogen (secondary N) is 1. The Morgan fingerprint density at radius 1 is 1.35 bits per heavy atom. The highest BCUT2D eigenvalue weighted by Crippen LogP contribution is 2.24. The van der Waals surface area contributed by atoms with Crippen LogP contribution in [0.2, 0.25) is 0 Å². The zero-order chi connectivity index (χ0) is 12.1. The first-order valence-electron chi connectivity index (χ1n) is 5.62. The summed E-state index contributed by atoms with van der Waals surface area (Å²) in [6.07, 6.45) is 0. The summed E-state index contributed by atoms with van der Waals surface area (Å²) in [7, 11) is 1.93. The highest BCUT2D eigenvalue weighted by molar-refractivity contribution is 7.99. The molecular formula is C13H16N2OS. The first-order chi connectivity index (χ1) is 8.35. The third-order valence-electron chi connectivity index (χ3n) is 2.46. The molecule has 0 aliphatic carbocycles. The Hall–Kier alpha value is -1.10. The summed E-state index contributed by atoms with van der Waals surface area (Å²) in [6.45, 7) is 0.976. The van der Waals surface area contributed by atoms with Gasteiger partial charge in [0, 0.05) is 17.7 Å². The van der Waals surface area contributed by atoms with Crippen molar-refractivity contribution in [3.63, 3.8) is 0 Å². The largest absolute Gasteiger partial charge is 0.396 e. The second kappa shape index (κ2) is 6.00. The first-order valence-corrected chi connectivity index (χ1v) is 6.60. The molecule has 0 saturated heterocycles. The number of para-hydroxylation sites is 1. The van der Waals surface area contributed by atoms with E-state index in [4.69, 9.17) is 5.11 Å². The second-order valence-electron chi connectivity index (χ2n) is 3.75. The van der Waals surface area contributed by atoms with Gasteiger partial charge in [-0.25, -0.2) is 4.98 Å². The number of rotatable bonds is 5. The molecule has 0 saturated carbocycles. The average Bonchev–Trinajstić information content (AvgIpc) is 2.36. The van der Waals surface area contributed by atoms with Crippen LogP contribution in [-0.4, -0.2) is 29.5 Å². The van der Waals surface area contributed by atoms with Crippen molar-refractivity contribution in [3.8, 4) is 0 Å². The summed E-state index contributed by atoms with van der Waals surface area (Å²) in [5, 5.41) is 14.2. The van der Waals surface area contributed by atoms with Crippen LogP contribution in [0.1, 0.15) is 5.56 Å². The molecule has 4 heteroatoms. The lowest BCUT2D eigenvalue weighted by molar-refractivity contribution is 0.322. The fourth-order valence-electron chi connectivity index (χ4n) is 1.73. The summed E-state index contributed by atoms with van der Waals surface area (Å²) in [5.74, 6) is 0.683. The van der Waals surface area contributed by atoms with Gasteiger partial charge in [0.2, 0.25) is 0 Å². The highest BCUT2D eigenvalue weighted by atomic mass is 32.2. The molecule has 3 nitrogen and oxygen atoms in total. The van der Waals surface area contributed by atoms with Gasteiger partial charge in [-0.2, -0.15) is 0 Å². The predicted molar refractivity (Wildman–Crippen MR) is 72.3 cm³/mol. The highest BCUT2D eigenvalue weighted by Gasteiger charge is 2.06. The fourth-order valence-corrected chi connectivity index (χ4v) is 2.49. The maximum absolute atomic E-state index is 8.90. The Morgan fingerprint density at radius 3 is 2.94 bits per heavy atom. The minimum absolute atomic E-state index is 0.179. The molecule has 17 heavy (non-hydrogen) atoms. The van der Waals surface area contributed by atoms with Crippen molar-refractivity contribution in [1.82, 2.24) is 10.3 Å². The maximum Gasteiger partial charge on any atom is 0.101 e. The number of hydrogen-bond acceptors (Lipinski definition) is 4.